The lowest BCUT2D eigenvalue weighted by Gasteiger charge is -2.30. The fourth-order valence-electron chi connectivity index (χ4n) is 3.34. The van der Waals surface area contributed by atoms with Crippen LogP contribution in [0, 0.1) is 5.82 Å². The molecule has 0 aliphatic carbocycles. The minimum Gasteiger partial charge on any atom is -0.346 e. The summed E-state index contributed by atoms with van der Waals surface area (Å²) in [7, 11) is 0. The smallest absolute Gasteiger partial charge is 0.313 e. The number of halogens is 1. The minimum absolute atomic E-state index is 0.000414. The summed E-state index contributed by atoms with van der Waals surface area (Å²) in [5.74, 6) is -2.19. The maximum Gasteiger partial charge on any atom is 0.313 e. The number of rotatable bonds is 5. The number of benzene rings is 1. The molecule has 1 aliphatic rings. The lowest BCUT2D eigenvalue weighted by Crippen LogP contribution is -2.42. The molecule has 3 rings (SSSR count). The molecule has 1 aromatic heterocycles. The van der Waals surface area contributed by atoms with Crippen LogP contribution in [0.15, 0.2) is 41.1 Å². The van der Waals surface area contributed by atoms with E-state index in [0.29, 0.717) is 6.54 Å². The van der Waals surface area contributed by atoms with Gasteiger partial charge < -0.3 is 10.6 Å². The highest BCUT2D eigenvalue weighted by Gasteiger charge is 2.24. The number of hydrogen-bond acceptors (Lipinski definition) is 4. The van der Waals surface area contributed by atoms with Crippen LogP contribution in [-0.4, -0.2) is 36.3 Å². The normalized spacial score (nSPS) is 16.3. The van der Waals surface area contributed by atoms with Crippen LogP contribution < -0.4 is 10.6 Å². The van der Waals surface area contributed by atoms with Crippen molar-refractivity contribution in [3.05, 3.63) is 52.5 Å². The van der Waals surface area contributed by atoms with Crippen molar-refractivity contribution in [1.82, 2.24) is 10.2 Å². The molecule has 0 radical (unpaired) electrons. The Kier molecular flexibility index (Phi) is 6.95. The quantitative estimate of drug-likeness (QED) is 0.769. The Labute approximate surface area is 162 Å². The summed E-state index contributed by atoms with van der Waals surface area (Å²) in [6, 6.07) is 7.89. The molecule has 0 bridgehead atoms. The van der Waals surface area contributed by atoms with Crippen molar-refractivity contribution in [2.45, 2.75) is 31.7 Å². The molecule has 2 amide bonds. The van der Waals surface area contributed by atoms with Gasteiger partial charge in [0, 0.05) is 6.54 Å². The Morgan fingerprint density at radius 2 is 1.81 bits per heavy atom. The number of hydrogen-bond donors (Lipinski definition) is 2. The molecular weight excluding hydrogens is 365 g/mol. The summed E-state index contributed by atoms with van der Waals surface area (Å²) in [6.07, 6.45) is 4.74. The van der Waals surface area contributed by atoms with E-state index >= 15 is 0 Å². The van der Waals surface area contributed by atoms with Gasteiger partial charge in [-0.2, -0.15) is 11.3 Å². The highest BCUT2D eigenvalue weighted by molar-refractivity contribution is 7.08. The largest absolute Gasteiger partial charge is 0.346 e. The standard InChI is InChI=1S/C20H24FN3O2S/c21-16-7-3-4-8-17(16)23-20(26)19(25)22-13-18(15-9-12-27-14-15)24-10-5-1-2-6-11-24/h3-4,7-9,12,14,18H,1-2,5-6,10-11,13H2,(H,22,25)(H,23,26). The van der Waals surface area contributed by atoms with E-state index < -0.39 is 17.6 Å². The lowest BCUT2D eigenvalue weighted by molar-refractivity contribution is -0.136. The average molecular weight is 389 g/mol. The third-order valence-corrected chi connectivity index (χ3v) is 5.50. The maximum atomic E-state index is 13.6. The van der Waals surface area contributed by atoms with E-state index in [2.05, 4.69) is 27.0 Å². The van der Waals surface area contributed by atoms with Gasteiger partial charge in [-0.25, -0.2) is 4.39 Å². The van der Waals surface area contributed by atoms with Crippen LogP contribution in [0.1, 0.15) is 37.3 Å². The molecule has 144 valence electrons. The molecule has 0 saturated carbocycles. The van der Waals surface area contributed by atoms with Gasteiger partial charge in [0.2, 0.25) is 0 Å². The molecule has 27 heavy (non-hydrogen) atoms. The van der Waals surface area contributed by atoms with Crippen molar-refractivity contribution in [3.63, 3.8) is 0 Å². The minimum atomic E-state index is -0.861. The molecule has 1 atom stereocenters. The van der Waals surface area contributed by atoms with Gasteiger partial charge in [0.15, 0.2) is 0 Å². The first-order chi connectivity index (χ1) is 13.1. The van der Waals surface area contributed by atoms with Crippen LogP contribution in [0.2, 0.25) is 0 Å². The first-order valence-corrected chi connectivity index (χ1v) is 10.2. The summed E-state index contributed by atoms with van der Waals surface area (Å²) in [5.41, 5.74) is 1.15. The Morgan fingerprint density at radius 3 is 2.48 bits per heavy atom. The highest BCUT2D eigenvalue weighted by Crippen LogP contribution is 2.25. The van der Waals surface area contributed by atoms with Gasteiger partial charge in [-0.15, -0.1) is 0 Å². The SMILES string of the molecule is O=C(NCC(c1ccsc1)N1CCCCCC1)C(=O)Nc1ccccc1F. The van der Waals surface area contributed by atoms with Crippen LogP contribution in [0.4, 0.5) is 10.1 Å². The van der Waals surface area contributed by atoms with E-state index in [0.717, 1.165) is 31.5 Å². The van der Waals surface area contributed by atoms with Crippen LogP contribution >= 0.6 is 11.3 Å². The van der Waals surface area contributed by atoms with E-state index in [9.17, 15) is 14.0 Å². The molecule has 1 aromatic carbocycles. The predicted molar refractivity (Wildman–Crippen MR) is 105 cm³/mol. The van der Waals surface area contributed by atoms with Gasteiger partial charge in [-0.3, -0.25) is 14.5 Å². The third kappa shape index (κ3) is 5.37. The number of thiophene rings is 1. The number of likely N-dealkylation sites (tertiary alicyclic amines) is 1. The number of nitrogens with zero attached hydrogens (tertiary/aromatic N) is 1. The van der Waals surface area contributed by atoms with Gasteiger partial charge in [0.05, 0.1) is 11.7 Å². The monoisotopic (exact) mass is 389 g/mol. The summed E-state index contributed by atoms with van der Waals surface area (Å²) >= 11 is 1.62. The number of anilines is 1. The van der Waals surface area contributed by atoms with E-state index in [-0.39, 0.29) is 11.7 Å². The molecule has 1 unspecified atom stereocenters. The Balaban J connectivity index is 1.61. The zero-order valence-electron chi connectivity index (χ0n) is 15.1. The van der Waals surface area contributed by atoms with Crippen molar-refractivity contribution >= 4 is 28.8 Å². The predicted octanol–water partition coefficient (Wildman–Crippen LogP) is 3.56. The average Bonchev–Trinajstić information content (AvgIpc) is 3.06. The number of carbonyl (C=O) groups excluding carboxylic acids is 2. The second kappa shape index (κ2) is 9.62. The Hall–Kier alpha value is -2.25. The Bertz CT molecular complexity index is 758. The zero-order chi connectivity index (χ0) is 19.1. The second-order valence-electron chi connectivity index (χ2n) is 6.67. The molecular formula is C20H24FN3O2S. The first kappa shape index (κ1) is 19.5. The first-order valence-electron chi connectivity index (χ1n) is 9.25. The maximum absolute atomic E-state index is 13.6. The van der Waals surface area contributed by atoms with Crippen molar-refractivity contribution in [2.75, 3.05) is 25.0 Å². The summed E-state index contributed by atoms with van der Waals surface area (Å²) in [5, 5.41) is 9.14. The van der Waals surface area contributed by atoms with E-state index in [1.807, 2.05) is 5.38 Å². The number of nitrogens with one attached hydrogen (secondary N) is 2. The fraction of sp³-hybridized carbons (Fsp3) is 0.400. The molecule has 2 heterocycles. The summed E-state index contributed by atoms with van der Waals surface area (Å²) in [4.78, 5) is 26.7. The van der Waals surface area contributed by atoms with E-state index in [4.69, 9.17) is 0 Å². The van der Waals surface area contributed by atoms with E-state index in [1.54, 1.807) is 17.4 Å². The zero-order valence-corrected chi connectivity index (χ0v) is 15.9. The second-order valence-corrected chi connectivity index (χ2v) is 7.45. The van der Waals surface area contributed by atoms with Crippen LogP contribution in [0.5, 0.6) is 0 Å². The third-order valence-electron chi connectivity index (χ3n) is 4.79. The van der Waals surface area contributed by atoms with E-state index in [1.165, 1.54) is 31.0 Å². The summed E-state index contributed by atoms with van der Waals surface area (Å²) < 4.78 is 13.6. The fourth-order valence-corrected chi connectivity index (χ4v) is 4.05. The van der Waals surface area contributed by atoms with Crippen LogP contribution in [0.25, 0.3) is 0 Å². The molecule has 7 heteroatoms. The molecule has 0 spiro atoms. The van der Waals surface area contributed by atoms with Gasteiger partial charge in [-0.1, -0.05) is 25.0 Å². The van der Waals surface area contributed by atoms with Crippen molar-refractivity contribution in [1.29, 1.82) is 0 Å². The van der Waals surface area contributed by atoms with Gasteiger partial charge in [0.1, 0.15) is 5.82 Å². The molecule has 1 saturated heterocycles. The molecule has 2 aromatic rings. The van der Waals surface area contributed by atoms with Crippen LogP contribution in [0.3, 0.4) is 0 Å². The van der Waals surface area contributed by atoms with Crippen LogP contribution in [-0.2, 0) is 9.59 Å². The van der Waals surface area contributed by atoms with Gasteiger partial charge in [0.25, 0.3) is 0 Å². The molecule has 1 fully saturated rings. The highest BCUT2D eigenvalue weighted by atomic mass is 32.1. The number of amides is 2. The number of para-hydroxylation sites is 1. The molecule has 5 nitrogen and oxygen atoms in total. The van der Waals surface area contributed by atoms with Gasteiger partial charge in [-0.05, 0) is 60.5 Å². The molecule has 1 aliphatic heterocycles. The van der Waals surface area contributed by atoms with Crippen molar-refractivity contribution in [3.8, 4) is 0 Å². The Morgan fingerprint density at radius 1 is 1.07 bits per heavy atom. The van der Waals surface area contributed by atoms with Crippen molar-refractivity contribution in [2.24, 2.45) is 0 Å². The van der Waals surface area contributed by atoms with Gasteiger partial charge >= 0.3 is 11.8 Å². The molecule has 2 N–H and O–H groups in total. The topological polar surface area (TPSA) is 61.4 Å². The number of carbonyl (C=O) groups is 2. The van der Waals surface area contributed by atoms with Crippen molar-refractivity contribution < 1.29 is 14.0 Å². The summed E-state index contributed by atoms with van der Waals surface area (Å²) in [6.45, 7) is 2.32. The lowest BCUT2D eigenvalue weighted by atomic mass is 10.1.